The molecule has 2 saturated heterocycles. The number of hydrogen-bond acceptors (Lipinski definition) is 4. The minimum absolute atomic E-state index is 0.136. The van der Waals surface area contributed by atoms with Crippen LogP contribution in [0, 0.1) is 0 Å². The molecule has 130 valence electrons. The zero-order valence-electron chi connectivity index (χ0n) is 12.5. The molecule has 0 bridgehead atoms. The van der Waals surface area contributed by atoms with Gasteiger partial charge in [0.15, 0.2) is 0 Å². The van der Waals surface area contributed by atoms with Crippen LogP contribution in [0.5, 0.6) is 5.88 Å². The van der Waals surface area contributed by atoms with E-state index in [-0.39, 0.29) is 12.4 Å². The summed E-state index contributed by atoms with van der Waals surface area (Å²) in [7, 11) is 0. The number of amides is 4. The van der Waals surface area contributed by atoms with Crippen molar-refractivity contribution in [2.24, 2.45) is 0 Å². The average Bonchev–Trinajstić information content (AvgIpc) is 3.15. The Bertz CT molecular complexity index is 652. The quantitative estimate of drug-likeness (QED) is 0.886. The first kappa shape index (κ1) is 16.3. The molecule has 24 heavy (non-hydrogen) atoms. The highest BCUT2D eigenvalue weighted by Gasteiger charge is 2.35. The number of hydrogen-bond donors (Lipinski definition) is 1. The van der Waals surface area contributed by atoms with Gasteiger partial charge in [-0.1, -0.05) is 0 Å². The van der Waals surface area contributed by atoms with E-state index >= 15 is 0 Å². The van der Waals surface area contributed by atoms with E-state index in [1.54, 1.807) is 0 Å². The molecule has 0 saturated carbocycles. The van der Waals surface area contributed by atoms with Crippen LogP contribution in [0.15, 0.2) is 18.3 Å². The Hall–Kier alpha value is -2.52. The van der Waals surface area contributed by atoms with Crippen LogP contribution in [0.4, 0.5) is 22.8 Å². The lowest BCUT2D eigenvalue weighted by molar-refractivity contribution is -0.137. The molecule has 2 aliphatic heterocycles. The van der Waals surface area contributed by atoms with E-state index in [2.05, 4.69) is 10.3 Å². The lowest BCUT2D eigenvalue weighted by Gasteiger charge is -2.21. The SMILES string of the molecule is O=C1NCCN1C(=O)N1CC[C@@H](Oc2cc(C(F)(F)F)ccn2)C1. The summed E-state index contributed by atoms with van der Waals surface area (Å²) < 4.78 is 43.5. The van der Waals surface area contributed by atoms with Gasteiger partial charge in [-0.3, -0.25) is 0 Å². The van der Waals surface area contributed by atoms with Crippen LogP contribution in [-0.4, -0.2) is 59.1 Å². The fourth-order valence-corrected chi connectivity index (χ4v) is 2.64. The molecule has 1 aromatic heterocycles. The number of pyridine rings is 1. The standard InChI is InChI=1S/C14H15F3N4O3/c15-14(16,17)9-1-3-18-11(7-9)24-10-2-5-20(8-10)13(23)21-6-4-19-12(21)22/h1,3,7,10H,2,4-6,8H2,(H,19,22)/t10-/m1/s1. The van der Waals surface area contributed by atoms with E-state index in [0.29, 0.717) is 26.1 Å². The van der Waals surface area contributed by atoms with Crippen molar-refractivity contribution in [3.8, 4) is 5.88 Å². The second-order valence-electron chi connectivity index (χ2n) is 5.52. The zero-order valence-corrected chi connectivity index (χ0v) is 12.5. The second-order valence-corrected chi connectivity index (χ2v) is 5.52. The highest BCUT2D eigenvalue weighted by molar-refractivity contribution is 5.95. The maximum atomic E-state index is 12.7. The number of carbonyl (C=O) groups excluding carboxylic acids is 2. The monoisotopic (exact) mass is 344 g/mol. The maximum absolute atomic E-state index is 12.7. The van der Waals surface area contributed by atoms with Crippen molar-refractivity contribution in [3.63, 3.8) is 0 Å². The summed E-state index contributed by atoms with van der Waals surface area (Å²) in [5.41, 5.74) is -0.841. The van der Waals surface area contributed by atoms with E-state index in [1.807, 2.05) is 0 Å². The van der Waals surface area contributed by atoms with Gasteiger partial charge in [0, 0.05) is 38.3 Å². The number of likely N-dealkylation sites (tertiary alicyclic amines) is 1. The molecule has 3 rings (SSSR count). The Labute approximate surface area is 135 Å². The van der Waals surface area contributed by atoms with E-state index < -0.39 is 29.9 Å². The highest BCUT2D eigenvalue weighted by Crippen LogP contribution is 2.31. The van der Waals surface area contributed by atoms with E-state index in [4.69, 9.17) is 4.74 Å². The fourth-order valence-electron chi connectivity index (χ4n) is 2.64. The lowest BCUT2D eigenvalue weighted by atomic mass is 10.2. The molecule has 1 atom stereocenters. The Balaban J connectivity index is 1.60. The second kappa shape index (κ2) is 6.17. The molecule has 0 unspecified atom stereocenters. The first-order valence-corrected chi connectivity index (χ1v) is 7.39. The summed E-state index contributed by atoms with van der Waals surface area (Å²) in [6.07, 6.45) is -3.44. The summed E-state index contributed by atoms with van der Waals surface area (Å²) in [4.78, 5) is 30.0. The van der Waals surface area contributed by atoms with E-state index in [1.165, 1.54) is 4.90 Å². The van der Waals surface area contributed by atoms with Gasteiger partial charge in [-0.15, -0.1) is 0 Å². The molecule has 0 aromatic carbocycles. The van der Waals surface area contributed by atoms with Gasteiger partial charge in [0.05, 0.1) is 12.1 Å². The van der Waals surface area contributed by atoms with Gasteiger partial charge < -0.3 is 15.0 Å². The number of nitrogens with one attached hydrogen (secondary N) is 1. The van der Waals surface area contributed by atoms with Crippen molar-refractivity contribution in [3.05, 3.63) is 23.9 Å². The normalized spacial score (nSPS) is 21.1. The minimum atomic E-state index is -4.47. The van der Waals surface area contributed by atoms with E-state index in [9.17, 15) is 22.8 Å². The topological polar surface area (TPSA) is 74.8 Å². The van der Waals surface area contributed by atoms with Crippen LogP contribution in [0.25, 0.3) is 0 Å². The third kappa shape index (κ3) is 3.36. The van der Waals surface area contributed by atoms with Crippen LogP contribution in [0.1, 0.15) is 12.0 Å². The number of aromatic nitrogens is 1. The number of halogens is 3. The van der Waals surface area contributed by atoms with Gasteiger partial charge in [-0.05, 0) is 6.07 Å². The number of rotatable bonds is 2. The summed E-state index contributed by atoms with van der Waals surface area (Å²) in [6.45, 7) is 1.27. The number of urea groups is 2. The van der Waals surface area contributed by atoms with Crippen molar-refractivity contribution in [2.45, 2.75) is 18.7 Å². The largest absolute Gasteiger partial charge is 0.472 e. The molecule has 3 heterocycles. The Morgan fingerprint density at radius 3 is 2.83 bits per heavy atom. The van der Waals surface area contributed by atoms with Gasteiger partial charge in [-0.25, -0.2) is 19.5 Å². The third-order valence-electron chi connectivity index (χ3n) is 3.85. The van der Waals surface area contributed by atoms with Crippen molar-refractivity contribution in [1.82, 2.24) is 20.1 Å². The van der Waals surface area contributed by atoms with Crippen LogP contribution in [-0.2, 0) is 6.18 Å². The number of carbonyl (C=O) groups is 2. The van der Waals surface area contributed by atoms with E-state index in [0.717, 1.165) is 23.2 Å². The number of imide groups is 1. The lowest BCUT2D eigenvalue weighted by Crippen LogP contribution is -2.44. The number of ether oxygens (including phenoxy) is 1. The first-order chi connectivity index (χ1) is 11.3. The van der Waals surface area contributed by atoms with Crippen molar-refractivity contribution in [2.75, 3.05) is 26.2 Å². The van der Waals surface area contributed by atoms with Crippen LogP contribution < -0.4 is 10.1 Å². The molecule has 7 nitrogen and oxygen atoms in total. The van der Waals surface area contributed by atoms with Crippen LogP contribution in [0.2, 0.25) is 0 Å². The van der Waals surface area contributed by atoms with Crippen LogP contribution in [0.3, 0.4) is 0 Å². The smallest absolute Gasteiger partial charge is 0.416 e. The molecular formula is C14H15F3N4O3. The summed E-state index contributed by atoms with van der Waals surface area (Å²) in [6, 6.07) is 0.832. The molecule has 10 heteroatoms. The summed E-state index contributed by atoms with van der Waals surface area (Å²) in [5.74, 6) is -0.136. The Kier molecular flexibility index (Phi) is 4.20. The Morgan fingerprint density at radius 1 is 1.38 bits per heavy atom. The average molecular weight is 344 g/mol. The molecule has 1 aromatic rings. The molecule has 0 spiro atoms. The number of alkyl halides is 3. The van der Waals surface area contributed by atoms with Gasteiger partial charge in [0.2, 0.25) is 5.88 Å². The van der Waals surface area contributed by atoms with Gasteiger partial charge in [-0.2, -0.15) is 13.2 Å². The first-order valence-electron chi connectivity index (χ1n) is 7.39. The van der Waals surface area contributed by atoms with Gasteiger partial charge >= 0.3 is 18.2 Å². The molecular weight excluding hydrogens is 329 g/mol. The maximum Gasteiger partial charge on any atom is 0.416 e. The van der Waals surface area contributed by atoms with Crippen molar-refractivity contribution >= 4 is 12.1 Å². The minimum Gasteiger partial charge on any atom is -0.472 e. The van der Waals surface area contributed by atoms with Crippen molar-refractivity contribution in [1.29, 1.82) is 0 Å². The molecule has 0 aliphatic carbocycles. The third-order valence-corrected chi connectivity index (χ3v) is 3.85. The fraction of sp³-hybridized carbons (Fsp3) is 0.500. The van der Waals surface area contributed by atoms with Gasteiger partial charge in [0.25, 0.3) is 0 Å². The van der Waals surface area contributed by atoms with Crippen molar-refractivity contribution < 1.29 is 27.5 Å². The van der Waals surface area contributed by atoms with Gasteiger partial charge in [0.1, 0.15) is 6.10 Å². The molecule has 2 fully saturated rings. The highest BCUT2D eigenvalue weighted by atomic mass is 19.4. The Morgan fingerprint density at radius 2 is 2.17 bits per heavy atom. The zero-order chi connectivity index (χ0) is 17.3. The summed E-state index contributed by atoms with van der Waals surface area (Å²) in [5, 5.41) is 2.54. The number of nitrogens with zero attached hydrogens (tertiary/aromatic N) is 3. The van der Waals surface area contributed by atoms with Crippen LogP contribution >= 0.6 is 0 Å². The molecule has 0 radical (unpaired) electrons. The molecule has 4 amide bonds. The summed E-state index contributed by atoms with van der Waals surface area (Å²) >= 11 is 0. The molecule has 2 aliphatic rings. The predicted octanol–water partition coefficient (Wildman–Crippen LogP) is 1.70. The molecule has 1 N–H and O–H groups in total. The predicted molar refractivity (Wildman–Crippen MR) is 75.3 cm³/mol.